The van der Waals surface area contributed by atoms with E-state index >= 15 is 0 Å². The molecule has 0 bridgehead atoms. The molecule has 0 fully saturated rings. The summed E-state index contributed by atoms with van der Waals surface area (Å²) in [5, 5.41) is 11.0. The monoisotopic (exact) mass is 443 g/mol. The molecule has 11 heteroatoms. The van der Waals surface area contributed by atoms with Gasteiger partial charge >= 0.3 is 6.18 Å². The molecule has 0 aliphatic rings. The minimum atomic E-state index is -4.83. The SMILES string of the molecule is Fc1ccc(Nc2cc(Cl)nc(N=NCc3cccc(Cl)c3)n2)cc1C(F)(F)F. The second-order valence-electron chi connectivity index (χ2n) is 5.72. The first kappa shape index (κ1) is 20.9. The van der Waals surface area contributed by atoms with Crippen LogP contribution in [0.25, 0.3) is 0 Å². The van der Waals surface area contributed by atoms with Crippen molar-refractivity contribution in [2.24, 2.45) is 10.2 Å². The van der Waals surface area contributed by atoms with E-state index in [4.69, 9.17) is 23.2 Å². The van der Waals surface area contributed by atoms with Crippen molar-refractivity contribution >= 4 is 40.7 Å². The van der Waals surface area contributed by atoms with Gasteiger partial charge in [0.25, 0.3) is 5.95 Å². The molecule has 5 nitrogen and oxygen atoms in total. The first-order valence-electron chi connectivity index (χ1n) is 8.01. The third kappa shape index (κ3) is 5.85. The Hall–Kier alpha value is -2.78. The topological polar surface area (TPSA) is 62.5 Å². The largest absolute Gasteiger partial charge is 0.419 e. The molecule has 29 heavy (non-hydrogen) atoms. The minimum absolute atomic E-state index is 0.00244. The van der Waals surface area contributed by atoms with E-state index in [9.17, 15) is 17.6 Å². The fourth-order valence-electron chi connectivity index (χ4n) is 2.30. The molecule has 0 saturated carbocycles. The standard InChI is InChI=1S/C18H11Cl2F4N5/c19-11-3-1-2-10(6-11)9-25-29-17-27-15(20)8-16(28-17)26-12-4-5-14(21)13(7-12)18(22,23)24/h1-8H,9H2,(H,26,27,28). The van der Waals surface area contributed by atoms with Crippen LogP contribution in [0.15, 0.2) is 58.8 Å². The van der Waals surface area contributed by atoms with Crippen LogP contribution in [0.4, 0.5) is 35.0 Å². The van der Waals surface area contributed by atoms with Crippen molar-refractivity contribution in [2.45, 2.75) is 12.7 Å². The summed E-state index contributed by atoms with van der Waals surface area (Å²) in [5.74, 6) is -1.40. The average Bonchev–Trinajstić information content (AvgIpc) is 2.62. The highest BCUT2D eigenvalue weighted by Gasteiger charge is 2.34. The molecule has 0 atom stereocenters. The van der Waals surface area contributed by atoms with Crippen molar-refractivity contribution in [3.8, 4) is 0 Å². The van der Waals surface area contributed by atoms with Crippen LogP contribution in [-0.4, -0.2) is 9.97 Å². The molecule has 1 heterocycles. The molecule has 3 aromatic rings. The average molecular weight is 444 g/mol. The Balaban J connectivity index is 1.78. The van der Waals surface area contributed by atoms with Gasteiger partial charge in [0.1, 0.15) is 16.8 Å². The highest BCUT2D eigenvalue weighted by molar-refractivity contribution is 6.30. The number of alkyl halides is 3. The van der Waals surface area contributed by atoms with Gasteiger partial charge in [-0.3, -0.25) is 0 Å². The second kappa shape index (κ2) is 8.71. The zero-order valence-electron chi connectivity index (χ0n) is 14.4. The molecule has 0 radical (unpaired) electrons. The molecule has 1 N–H and O–H groups in total. The van der Waals surface area contributed by atoms with Gasteiger partial charge in [0.2, 0.25) is 0 Å². The van der Waals surface area contributed by atoms with Crippen LogP contribution in [0.1, 0.15) is 11.1 Å². The smallest absolute Gasteiger partial charge is 0.340 e. The van der Waals surface area contributed by atoms with E-state index in [1.165, 1.54) is 6.07 Å². The van der Waals surface area contributed by atoms with E-state index in [0.29, 0.717) is 17.2 Å². The lowest BCUT2D eigenvalue weighted by Crippen LogP contribution is -2.08. The van der Waals surface area contributed by atoms with Gasteiger partial charge in [-0.1, -0.05) is 35.3 Å². The zero-order valence-corrected chi connectivity index (χ0v) is 15.9. The van der Waals surface area contributed by atoms with E-state index in [1.807, 2.05) is 6.07 Å². The number of hydrogen-bond acceptors (Lipinski definition) is 5. The van der Waals surface area contributed by atoms with Gasteiger partial charge in [-0.05, 0) is 35.9 Å². The summed E-state index contributed by atoms with van der Waals surface area (Å²) in [5.41, 5.74) is -0.619. The lowest BCUT2D eigenvalue weighted by Gasteiger charge is -2.11. The fraction of sp³-hybridized carbons (Fsp3) is 0.111. The number of benzene rings is 2. The molecule has 0 amide bonds. The van der Waals surface area contributed by atoms with Gasteiger partial charge in [-0.2, -0.15) is 28.3 Å². The Morgan fingerprint density at radius 1 is 1.00 bits per heavy atom. The lowest BCUT2D eigenvalue weighted by molar-refractivity contribution is -0.139. The van der Waals surface area contributed by atoms with E-state index in [1.54, 1.807) is 18.2 Å². The van der Waals surface area contributed by atoms with Crippen molar-refractivity contribution in [2.75, 3.05) is 5.32 Å². The van der Waals surface area contributed by atoms with Gasteiger partial charge in [-0.25, -0.2) is 4.39 Å². The van der Waals surface area contributed by atoms with Crippen LogP contribution >= 0.6 is 23.2 Å². The normalized spacial score (nSPS) is 11.8. The van der Waals surface area contributed by atoms with Crippen molar-refractivity contribution in [1.29, 1.82) is 0 Å². The molecular weight excluding hydrogens is 433 g/mol. The van der Waals surface area contributed by atoms with Gasteiger partial charge in [0, 0.05) is 16.8 Å². The Morgan fingerprint density at radius 3 is 2.52 bits per heavy atom. The van der Waals surface area contributed by atoms with Crippen molar-refractivity contribution < 1.29 is 17.6 Å². The summed E-state index contributed by atoms with van der Waals surface area (Å²) in [6, 6.07) is 10.8. The van der Waals surface area contributed by atoms with Crippen molar-refractivity contribution in [3.63, 3.8) is 0 Å². The molecule has 2 aromatic carbocycles. The maximum atomic E-state index is 13.4. The van der Waals surface area contributed by atoms with Gasteiger partial charge < -0.3 is 5.32 Å². The summed E-state index contributed by atoms with van der Waals surface area (Å²) in [6.45, 7) is 0.214. The molecule has 3 rings (SSSR count). The van der Waals surface area contributed by atoms with E-state index in [-0.39, 0.29) is 29.2 Å². The third-order valence-corrected chi connectivity index (χ3v) is 3.96. The Labute approximate surface area is 172 Å². The molecular formula is C18H11Cl2F4N5. The number of nitrogens with zero attached hydrogens (tertiary/aromatic N) is 4. The fourth-order valence-corrected chi connectivity index (χ4v) is 2.69. The Bertz CT molecular complexity index is 1060. The van der Waals surface area contributed by atoms with Gasteiger partial charge in [0.15, 0.2) is 0 Å². The number of anilines is 2. The van der Waals surface area contributed by atoms with Crippen LogP contribution in [-0.2, 0) is 12.7 Å². The number of rotatable bonds is 5. The Morgan fingerprint density at radius 2 is 1.79 bits per heavy atom. The van der Waals surface area contributed by atoms with Crippen LogP contribution in [0.2, 0.25) is 10.2 Å². The summed E-state index contributed by atoms with van der Waals surface area (Å²) < 4.78 is 52.0. The van der Waals surface area contributed by atoms with E-state index in [0.717, 1.165) is 11.6 Å². The van der Waals surface area contributed by atoms with Crippen molar-refractivity contribution in [3.05, 3.63) is 75.7 Å². The highest BCUT2D eigenvalue weighted by atomic mass is 35.5. The van der Waals surface area contributed by atoms with E-state index < -0.39 is 17.6 Å². The molecule has 0 spiro atoms. The van der Waals surface area contributed by atoms with Crippen LogP contribution in [0.5, 0.6) is 0 Å². The minimum Gasteiger partial charge on any atom is -0.340 e. The van der Waals surface area contributed by atoms with Gasteiger partial charge in [0.05, 0.1) is 12.1 Å². The van der Waals surface area contributed by atoms with Crippen LogP contribution in [0, 0.1) is 5.82 Å². The van der Waals surface area contributed by atoms with Crippen LogP contribution < -0.4 is 5.32 Å². The highest BCUT2D eigenvalue weighted by Crippen LogP contribution is 2.33. The van der Waals surface area contributed by atoms with Gasteiger partial charge in [-0.15, -0.1) is 5.11 Å². The molecule has 0 saturated heterocycles. The maximum absolute atomic E-state index is 13.4. The third-order valence-electron chi connectivity index (χ3n) is 3.53. The first-order chi connectivity index (χ1) is 13.7. The number of hydrogen-bond donors (Lipinski definition) is 1. The summed E-state index contributed by atoms with van der Waals surface area (Å²) in [6.07, 6.45) is -4.83. The molecule has 0 aliphatic heterocycles. The quantitative estimate of drug-likeness (QED) is 0.263. The molecule has 0 unspecified atom stereocenters. The predicted octanol–water partition coefficient (Wildman–Crippen LogP) is 6.97. The number of aromatic nitrogens is 2. The van der Waals surface area contributed by atoms with Crippen molar-refractivity contribution in [1.82, 2.24) is 9.97 Å². The summed E-state index contributed by atoms with van der Waals surface area (Å²) in [4.78, 5) is 7.91. The first-order valence-corrected chi connectivity index (χ1v) is 8.76. The van der Waals surface area contributed by atoms with E-state index in [2.05, 4.69) is 25.5 Å². The number of nitrogens with one attached hydrogen (secondary N) is 1. The summed E-state index contributed by atoms with van der Waals surface area (Å²) in [7, 11) is 0. The Kier molecular flexibility index (Phi) is 6.29. The molecule has 0 aliphatic carbocycles. The maximum Gasteiger partial charge on any atom is 0.419 e. The number of halogens is 6. The second-order valence-corrected chi connectivity index (χ2v) is 6.55. The molecule has 1 aromatic heterocycles. The predicted molar refractivity (Wildman–Crippen MR) is 101 cm³/mol. The van der Waals surface area contributed by atoms with Crippen LogP contribution in [0.3, 0.4) is 0 Å². The molecule has 150 valence electrons. The zero-order chi connectivity index (χ0) is 21.0. The summed E-state index contributed by atoms with van der Waals surface area (Å²) >= 11 is 11.8. The lowest BCUT2D eigenvalue weighted by atomic mass is 10.2. The number of azo groups is 1.